The van der Waals surface area contributed by atoms with Crippen LogP contribution < -0.4 is 10.6 Å². The fourth-order valence-electron chi connectivity index (χ4n) is 3.70. The molecule has 3 rings (SSSR count). The Balaban J connectivity index is 1.55. The summed E-state index contributed by atoms with van der Waals surface area (Å²) in [6.45, 7) is 8.01. The van der Waals surface area contributed by atoms with E-state index in [1.165, 1.54) is 10.8 Å². The zero-order chi connectivity index (χ0) is 22.1. The predicted molar refractivity (Wildman–Crippen MR) is 129 cm³/mol. The molecular formula is C24H32N2O4Si. The van der Waals surface area contributed by atoms with Crippen LogP contribution in [-0.4, -0.2) is 41.2 Å². The minimum absolute atomic E-state index is 0.225. The summed E-state index contributed by atoms with van der Waals surface area (Å²) >= 11 is 0. The molecule has 0 saturated heterocycles. The van der Waals surface area contributed by atoms with E-state index in [0.717, 1.165) is 22.9 Å². The van der Waals surface area contributed by atoms with Crippen molar-refractivity contribution in [2.75, 3.05) is 31.7 Å². The first-order valence-corrected chi connectivity index (χ1v) is 12.9. The van der Waals surface area contributed by atoms with Gasteiger partial charge in [-0.2, -0.15) is 0 Å². The molecule has 6 nitrogen and oxygen atoms in total. The van der Waals surface area contributed by atoms with Gasteiger partial charge in [-0.3, -0.25) is 0 Å². The first kappa shape index (κ1) is 23.2. The fourth-order valence-corrected chi connectivity index (χ4v) is 6.31. The molecule has 3 aromatic rings. The lowest BCUT2D eigenvalue weighted by Crippen LogP contribution is -2.46. The maximum Gasteiger partial charge on any atom is 0.500 e. The molecule has 0 spiro atoms. The molecule has 2 N–H and O–H groups in total. The molecule has 0 atom stereocenters. The Labute approximate surface area is 185 Å². The molecule has 0 saturated carbocycles. The third-order valence-corrected chi connectivity index (χ3v) is 8.15. The third-order valence-electron chi connectivity index (χ3n) is 5.00. The van der Waals surface area contributed by atoms with Gasteiger partial charge in [0.15, 0.2) is 0 Å². The number of nitrogens with one attached hydrogen (secondary N) is 2. The van der Waals surface area contributed by atoms with Gasteiger partial charge in [-0.05, 0) is 73.0 Å². The van der Waals surface area contributed by atoms with Crippen molar-refractivity contribution in [3.63, 3.8) is 0 Å². The summed E-state index contributed by atoms with van der Waals surface area (Å²) in [5.74, 6) is 0. The van der Waals surface area contributed by atoms with E-state index in [1.807, 2.05) is 51.1 Å². The molecule has 166 valence electrons. The SMILES string of the molecule is CCO[Si](CCCNC(=O)Nc1ccc2cc3ccccc3cc2c1)(OCC)OCC. The van der Waals surface area contributed by atoms with Crippen LogP contribution in [0.15, 0.2) is 54.6 Å². The van der Waals surface area contributed by atoms with Crippen molar-refractivity contribution in [1.82, 2.24) is 5.32 Å². The van der Waals surface area contributed by atoms with Gasteiger partial charge in [-0.15, -0.1) is 0 Å². The number of anilines is 1. The molecule has 0 aliphatic heterocycles. The van der Waals surface area contributed by atoms with Crippen molar-refractivity contribution >= 4 is 42.1 Å². The summed E-state index contributed by atoms with van der Waals surface area (Å²) in [7, 11) is -2.67. The van der Waals surface area contributed by atoms with Crippen LogP contribution in [0, 0.1) is 0 Å². The van der Waals surface area contributed by atoms with Crippen LogP contribution in [0.2, 0.25) is 6.04 Å². The number of benzene rings is 3. The van der Waals surface area contributed by atoms with E-state index in [-0.39, 0.29) is 6.03 Å². The lowest BCUT2D eigenvalue weighted by atomic mass is 10.0. The Hall–Kier alpha value is -2.45. The normalized spacial score (nSPS) is 11.7. The van der Waals surface area contributed by atoms with E-state index in [0.29, 0.717) is 32.4 Å². The van der Waals surface area contributed by atoms with Crippen LogP contribution in [0.1, 0.15) is 27.2 Å². The van der Waals surface area contributed by atoms with Gasteiger partial charge in [-0.1, -0.05) is 30.3 Å². The van der Waals surface area contributed by atoms with Crippen molar-refractivity contribution in [1.29, 1.82) is 0 Å². The van der Waals surface area contributed by atoms with Crippen LogP contribution in [-0.2, 0) is 13.3 Å². The van der Waals surface area contributed by atoms with Gasteiger partial charge in [0, 0.05) is 38.1 Å². The molecule has 0 aliphatic carbocycles. The van der Waals surface area contributed by atoms with E-state index in [1.54, 1.807) is 0 Å². The summed E-state index contributed by atoms with van der Waals surface area (Å²) in [5.41, 5.74) is 0.766. The molecule has 31 heavy (non-hydrogen) atoms. The highest BCUT2D eigenvalue weighted by atomic mass is 28.4. The van der Waals surface area contributed by atoms with Crippen molar-refractivity contribution in [2.45, 2.75) is 33.2 Å². The number of hydrogen-bond donors (Lipinski definition) is 2. The number of urea groups is 1. The number of amides is 2. The summed E-state index contributed by atoms with van der Waals surface area (Å²) in [4.78, 5) is 12.4. The van der Waals surface area contributed by atoms with Crippen molar-refractivity contribution in [2.24, 2.45) is 0 Å². The van der Waals surface area contributed by atoms with Crippen LogP contribution in [0.5, 0.6) is 0 Å². The molecule has 0 bridgehead atoms. The Morgan fingerprint density at radius 1 is 0.806 bits per heavy atom. The number of hydrogen-bond acceptors (Lipinski definition) is 4. The zero-order valence-corrected chi connectivity index (χ0v) is 19.6. The van der Waals surface area contributed by atoms with E-state index < -0.39 is 8.80 Å². The van der Waals surface area contributed by atoms with Crippen LogP contribution in [0.25, 0.3) is 21.5 Å². The van der Waals surface area contributed by atoms with Crippen molar-refractivity contribution in [3.05, 3.63) is 54.6 Å². The average Bonchev–Trinajstić information content (AvgIpc) is 2.76. The van der Waals surface area contributed by atoms with Crippen LogP contribution in [0.4, 0.5) is 10.5 Å². The molecule has 0 aliphatic rings. The molecule has 2 amide bonds. The van der Waals surface area contributed by atoms with Gasteiger partial charge in [0.2, 0.25) is 0 Å². The van der Waals surface area contributed by atoms with Gasteiger partial charge < -0.3 is 23.9 Å². The monoisotopic (exact) mass is 440 g/mol. The molecule has 7 heteroatoms. The van der Waals surface area contributed by atoms with Crippen molar-refractivity contribution < 1.29 is 18.1 Å². The van der Waals surface area contributed by atoms with Gasteiger partial charge in [0.25, 0.3) is 0 Å². The van der Waals surface area contributed by atoms with E-state index in [9.17, 15) is 4.79 Å². The maximum atomic E-state index is 12.4. The molecule has 0 heterocycles. The fraction of sp³-hybridized carbons (Fsp3) is 0.375. The molecule has 0 unspecified atom stereocenters. The van der Waals surface area contributed by atoms with E-state index in [2.05, 4.69) is 34.9 Å². The average molecular weight is 441 g/mol. The first-order chi connectivity index (χ1) is 15.1. The number of carbonyl (C=O) groups is 1. The maximum absolute atomic E-state index is 12.4. The second-order valence-electron chi connectivity index (χ2n) is 7.23. The standard InChI is InChI=1S/C24H32N2O4Si/c1-4-28-31(29-5-2,30-6-3)15-9-14-25-24(27)26-23-13-12-21-16-19-10-7-8-11-20(19)17-22(21)18-23/h7-8,10-13,16-18H,4-6,9,14-15H2,1-3H3,(H2,25,26,27). The lowest BCUT2D eigenvalue weighted by molar-refractivity contribution is 0.0708. The topological polar surface area (TPSA) is 68.8 Å². The minimum atomic E-state index is -2.67. The molecular weight excluding hydrogens is 408 g/mol. The summed E-state index contributed by atoms with van der Waals surface area (Å²) in [5, 5.41) is 10.5. The third kappa shape index (κ3) is 6.27. The predicted octanol–water partition coefficient (Wildman–Crippen LogP) is 5.55. The number of carbonyl (C=O) groups excluding carboxylic acids is 1. The summed E-state index contributed by atoms with van der Waals surface area (Å²) < 4.78 is 17.6. The molecule has 3 aromatic carbocycles. The second-order valence-corrected chi connectivity index (χ2v) is 9.96. The first-order valence-electron chi connectivity index (χ1n) is 11.0. The minimum Gasteiger partial charge on any atom is -0.374 e. The van der Waals surface area contributed by atoms with Crippen LogP contribution in [0.3, 0.4) is 0 Å². The van der Waals surface area contributed by atoms with Gasteiger partial charge in [-0.25, -0.2) is 4.79 Å². The largest absolute Gasteiger partial charge is 0.500 e. The molecule has 0 fully saturated rings. The smallest absolute Gasteiger partial charge is 0.374 e. The summed E-state index contributed by atoms with van der Waals surface area (Å²) in [6.07, 6.45) is 0.726. The summed E-state index contributed by atoms with van der Waals surface area (Å²) in [6, 6.07) is 19.0. The zero-order valence-electron chi connectivity index (χ0n) is 18.6. The quantitative estimate of drug-likeness (QED) is 0.233. The lowest BCUT2D eigenvalue weighted by Gasteiger charge is -2.28. The molecule has 0 radical (unpaired) electrons. The highest BCUT2D eigenvalue weighted by Crippen LogP contribution is 2.25. The van der Waals surface area contributed by atoms with Crippen molar-refractivity contribution in [3.8, 4) is 0 Å². The highest BCUT2D eigenvalue weighted by molar-refractivity contribution is 6.60. The van der Waals surface area contributed by atoms with Gasteiger partial charge >= 0.3 is 14.8 Å². The number of rotatable bonds is 11. The van der Waals surface area contributed by atoms with Gasteiger partial charge in [0.05, 0.1) is 0 Å². The van der Waals surface area contributed by atoms with E-state index >= 15 is 0 Å². The Bertz CT molecular complexity index is 994. The number of fused-ring (bicyclic) bond motifs is 2. The highest BCUT2D eigenvalue weighted by Gasteiger charge is 2.39. The van der Waals surface area contributed by atoms with E-state index in [4.69, 9.17) is 13.3 Å². The Morgan fingerprint density at radius 3 is 2.00 bits per heavy atom. The van der Waals surface area contributed by atoms with Gasteiger partial charge in [0.1, 0.15) is 0 Å². The second kappa shape index (κ2) is 11.2. The van der Waals surface area contributed by atoms with Crippen LogP contribution >= 0.6 is 0 Å². The Morgan fingerprint density at radius 2 is 1.39 bits per heavy atom. The molecule has 0 aromatic heterocycles. The Kier molecular flexibility index (Phi) is 8.42.